The Morgan fingerprint density at radius 2 is 1.92 bits per heavy atom. The van der Waals surface area contributed by atoms with Gasteiger partial charge in [-0.1, -0.05) is 36.2 Å². The zero-order chi connectivity index (χ0) is 9.84. The third-order valence-electron chi connectivity index (χ3n) is 1.78. The number of hydrogen-bond donors (Lipinski definition) is 1. The molecule has 1 unspecified atom stereocenters. The molecule has 0 aromatic heterocycles. The first-order valence-corrected chi connectivity index (χ1v) is 4.87. The minimum absolute atomic E-state index is 0.489. The molecule has 71 valence electrons. The molecule has 1 rings (SSSR count). The predicted octanol–water partition coefficient (Wildman–Crippen LogP) is 3.32. The summed E-state index contributed by atoms with van der Waals surface area (Å²) in [7, 11) is 0. The van der Waals surface area contributed by atoms with Crippen LogP contribution in [-0.2, 0) is 0 Å². The normalized spacial score (nSPS) is 12.9. The van der Waals surface area contributed by atoms with Gasteiger partial charge in [0.1, 0.15) is 0 Å². The molecule has 1 N–H and O–H groups in total. The Bertz CT molecular complexity index is 266. The maximum absolute atomic E-state index is 9.39. The van der Waals surface area contributed by atoms with Crippen LogP contribution < -0.4 is 0 Å². The first-order chi connectivity index (χ1) is 6.15. The first-order valence-electron chi connectivity index (χ1n) is 4.12. The first kappa shape index (κ1) is 10.8. The lowest BCUT2D eigenvalue weighted by molar-refractivity contribution is 0.206. The van der Waals surface area contributed by atoms with E-state index in [-0.39, 0.29) is 0 Å². The summed E-state index contributed by atoms with van der Waals surface area (Å²) in [4.78, 5) is 0. The van der Waals surface area contributed by atoms with E-state index in [1.165, 1.54) is 0 Å². The number of hydrogen-bond acceptors (Lipinski definition) is 1. The van der Waals surface area contributed by atoms with Gasteiger partial charge in [-0.05, 0) is 24.1 Å². The van der Waals surface area contributed by atoms with Crippen LogP contribution in [0.2, 0.25) is 10.0 Å². The van der Waals surface area contributed by atoms with Gasteiger partial charge in [-0.3, -0.25) is 0 Å². The van der Waals surface area contributed by atoms with E-state index in [0.29, 0.717) is 22.0 Å². The Labute approximate surface area is 88.3 Å². The monoisotopic (exact) mass is 217 g/mol. The second-order valence-corrected chi connectivity index (χ2v) is 3.59. The van der Waals surface area contributed by atoms with E-state index in [9.17, 15) is 5.11 Å². The van der Waals surface area contributed by atoms with Crippen LogP contribution in [0.25, 0.3) is 0 Å². The molecular weight excluding hydrogens is 207 g/mol. The second-order valence-electron chi connectivity index (χ2n) is 2.78. The maximum atomic E-state index is 9.39. The van der Waals surface area contributed by atoms with Crippen molar-refractivity contribution in [1.82, 2.24) is 0 Å². The van der Waals surface area contributed by atoms with Crippen molar-refractivity contribution in [2.75, 3.05) is 0 Å². The number of aliphatic hydroxyl groups is 1. The Morgan fingerprint density at radius 3 is 2.38 bits per heavy atom. The van der Waals surface area contributed by atoms with Crippen LogP contribution in [0.3, 0.4) is 0 Å². The van der Waals surface area contributed by atoms with Crippen molar-refractivity contribution in [2.45, 2.75) is 19.4 Å². The smallest absolute Gasteiger partial charge is 0.0614 e. The van der Waals surface area contributed by atoms with Crippen molar-refractivity contribution in [3.8, 4) is 0 Å². The summed E-state index contributed by atoms with van der Waals surface area (Å²) < 4.78 is 0. The summed E-state index contributed by atoms with van der Waals surface area (Å²) in [5, 5.41) is 10.5. The van der Waals surface area contributed by atoms with Crippen LogP contribution >= 0.6 is 23.2 Å². The summed E-state index contributed by atoms with van der Waals surface area (Å²) in [6, 6.07) is 5.28. The van der Waals surface area contributed by atoms with E-state index in [1.807, 2.05) is 6.92 Å². The van der Waals surface area contributed by atoms with Crippen molar-refractivity contribution in [3.63, 3.8) is 0 Å². The SMILES string of the molecule is CCC(O)[CH]c1c(Cl)cccc1Cl. The molecule has 0 aliphatic rings. The van der Waals surface area contributed by atoms with Crippen molar-refractivity contribution in [2.24, 2.45) is 0 Å². The number of benzene rings is 1. The maximum Gasteiger partial charge on any atom is 0.0614 e. The Hall–Kier alpha value is -0.240. The molecule has 1 atom stereocenters. The Balaban J connectivity index is 2.87. The zero-order valence-corrected chi connectivity index (χ0v) is 8.81. The largest absolute Gasteiger partial charge is 0.392 e. The molecule has 0 fully saturated rings. The Kier molecular flexibility index (Phi) is 4.04. The molecule has 13 heavy (non-hydrogen) atoms. The summed E-state index contributed by atoms with van der Waals surface area (Å²) in [5.41, 5.74) is 0.709. The van der Waals surface area contributed by atoms with Crippen LogP contribution in [0, 0.1) is 6.42 Å². The topological polar surface area (TPSA) is 20.2 Å². The molecule has 0 bridgehead atoms. The van der Waals surface area contributed by atoms with Crippen LogP contribution in [0.15, 0.2) is 18.2 Å². The van der Waals surface area contributed by atoms with Gasteiger partial charge in [0.05, 0.1) is 6.10 Å². The summed E-state index contributed by atoms with van der Waals surface area (Å²) in [6.07, 6.45) is 1.84. The quantitative estimate of drug-likeness (QED) is 0.824. The third-order valence-corrected chi connectivity index (χ3v) is 2.44. The minimum Gasteiger partial charge on any atom is -0.392 e. The fraction of sp³-hybridized carbons (Fsp3) is 0.300. The highest BCUT2D eigenvalue weighted by molar-refractivity contribution is 6.36. The summed E-state index contributed by atoms with van der Waals surface area (Å²) in [6.45, 7) is 1.89. The van der Waals surface area contributed by atoms with Gasteiger partial charge >= 0.3 is 0 Å². The average Bonchev–Trinajstić information content (AvgIpc) is 2.11. The highest BCUT2D eigenvalue weighted by Gasteiger charge is 2.10. The summed E-state index contributed by atoms with van der Waals surface area (Å²) >= 11 is 11.8. The van der Waals surface area contributed by atoms with Gasteiger partial charge in [-0.15, -0.1) is 0 Å². The van der Waals surface area contributed by atoms with Crippen molar-refractivity contribution >= 4 is 23.2 Å². The van der Waals surface area contributed by atoms with Crippen LogP contribution in [-0.4, -0.2) is 11.2 Å². The molecule has 3 heteroatoms. The number of aliphatic hydroxyl groups excluding tert-OH is 1. The molecule has 1 aromatic carbocycles. The van der Waals surface area contributed by atoms with Gasteiger partial charge < -0.3 is 5.11 Å². The van der Waals surface area contributed by atoms with Gasteiger partial charge in [-0.25, -0.2) is 0 Å². The van der Waals surface area contributed by atoms with Crippen LogP contribution in [0.5, 0.6) is 0 Å². The van der Waals surface area contributed by atoms with Crippen LogP contribution in [0.1, 0.15) is 18.9 Å². The van der Waals surface area contributed by atoms with Crippen molar-refractivity contribution < 1.29 is 5.11 Å². The molecule has 1 radical (unpaired) electrons. The average molecular weight is 218 g/mol. The van der Waals surface area contributed by atoms with Crippen molar-refractivity contribution in [3.05, 3.63) is 40.2 Å². The molecule has 0 heterocycles. The zero-order valence-electron chi connectivity index (χ0n) is 7.30. The molecular formula is C10H11Cl2O. The van der Waals surface area contributed by atoms with E-state index in [4.69, 9.17) is 23.2 Å². The van der Waals surface area contributed by atoms with Gasteiger partial charge in [0.15, 0.2) is 0 Å². The van der Waals surface area contributed by atoms with E-state index in [2.05, 4.69) is 0 Å². The van der Waals surface area contributed by atoms with Gasteiger partial charge in [0, 0.05) is 16.5 Å². The van der Waals surface area contributed by atoms with E-state index >= 15 is 0 Å². The highest BCUT2D eigenvalue weighted by atomic mass is 35.5. The second kappa shape index (κ2) is 4.85. The van der Waals surface area contributed by atoms with E-state index < -0.39 is 6.10 Å². The van der Waals surface area contributed by atoms with Gasteiger partial charge in [0.2, 0.25) is 0 Å². The molecule has 0 saturated heterocycles. The molecule has 1 aromatic rings. The van der Waals surface area contributed by atoms with Gasteiger partial charge in [-0.2, -0.15) is 0 Å². The number of halogens is 2. The Morgan fingerprint density at radius 1 is 1.38 bits per heavy atom. The van der Waals surface area contributed by atoms with Crippen LogP contribution in [0.4, 0.5) is 0 Å². The standard InChI is InChI=1S/C10H11Cl2O/c1-2-7(13)6-8-9(11)4-3-5-10(8)12/h3-7,13H,2H2,1H3. The lowest BCUT2D eigenvalue weighted by Gasteiger charge is -2.10. The molecule has 0 spiro atoms. The fourth-order valence-electron chi connectivity index (χ4n) is 0.980. The molecule has 0 aliphatic heterocycles. The fourth-order valence-corrected chi connectivity index (χ4v) is 1.50. The lowest BCUT2D eigenvalue weighted by atomic mass is 10.1. The molecule has 0 aliphatic carbocycles. The lowest BCUT2D eigenvalue weighted by Crippen LogP contribution is -2.06. The number of rotatable bonds is 3. The molecule has 1 nitrogen and oxygen atoms in total. The third kappa shape index (κ3) is 2.87. The predicted molar refractivity (Wildman–Crippen MR) is 56.2 cm³/mol. The van der Waals surface area contributed by atoms with E-state index in [0.717, 1.165) is 0 Å². The van der Waals surface area contributed by atoms with Gasteiger partial charge in [0.25, 0.3) is 0 Å². The van der Waals surface area contributed by atoms with Crippen molar-refractivity contribution in [1.29, 1.82) is 0 Å². The molecule has 0 saturated carbocycles. The van der Waals surface area contributed by atoms with E-state index in [1.54, 1.807) is 24.6 Å². The highest BCUT2D eigenvalue weighted by Crippen LogP contribution is 2.26. The minimum atomic E-state index is -0.489. The summed E-state index contributed by atoms with van der Waals surface area (Å²) in [5.74, 6) is 0. The molecule has 0 amide bonds.